The fourth-order valence-electron chi connectivity index (χ4n) is 2.51. The first-order chi connectivity index (χ1) is 13.1. The first-order valence-electron chi connectivity index (χ1n) is 8.27. The Morgan fingerprint density at radius 2 is 2.19 bits per heavy atom. The van der Waals surface area contributed by atoms with Crippen molar-refractivity contribution in [3.05, 3.63) is 51.5 Å². The van der Waals surface area contributed by atoms with Crippen LogP contribution in [0.25, 0.3) is 16.3 Å². The molecule has 6 nitrogen and oxygen atoms in total. The van der Waals surface area contributed by atoms with E-state index in [1.165, 1.54) is 24.3 Å². The largest absolute Gasteiger partial charge is 0.383 e. The van der Waals surface area contributed by atoms with Crippen LogP contribution < -0.4 is 10.1 Å². The number of hydrogen-bond acceptors (Lipinski definition) is 5. The van der Waals surface area contributed by atoms with Gasteiger partial charge in [0.2, 0.25) is 5.91 Å². The van der Waals surface area contributed by atoms with Crippen LogP contribution in [0.5, 0.6) is 0 Å². The Kier molecular flexibility index (Phi) is 6.33. The number of thiazole rings is 1. The number of ether oxygens (including phenoxy) is 1. The first kappa shape index (κ1) is 19.2. The molecule has 0 aliphatic rings. The van der Waals surface area contributed by atoms with Crippen LogP contribution in [-0.4, -0.2) is 30.1 Å². The number of amides is 2. The van der Waals surface area contributed by atoms with Crippen LogP contribution in [0, 0.1) is 0 Å². The van der Waals surface area contributed by atoms with E-state index in [4.69, 9.17) is 4.74 Å². The molecule has 2 amide bonds. The zero-order valence-electron chi connectivity index (χ0n) is 15.0. The van der Waals surface area contributed by atoms with Crippen LogP contribution in [0.15, 0.2) is 46.8 Å². The molecular weight excluding hydrogens is 382 g/mol. The summed E-state index contributed by atoms with van der Waals surface area (Å²) in [6.07, 6.45) is 3.23. The molecule has 2 heterocycles. The summed E-state index contributed by atoms with van der Waals surface area (Å²) in [5.41, 5.74) is 1.66. The van der Waals surface area contributed by atoms with Gasteiger partial charge in [-0.2, -0.15) is 4.99 Å². The Morgan fingerprint density at radius 3 is 2.89 bits per heavy atom. The lowest BCUT2D eigenvalue weighted by atomic mass is 10.3. The van der Waals surface area contributed by atoms with Gasteiger partial charge in [-0.1, -0.05) is 17.4 Å². The molecular formula is C19H19N3O3S2. The number of nitrogens with zero attached hydrogens (tertiary/aromatic N) is 2. The van der Waals surface area contributed by atoms with E-state index in [1.54, 1.807) is 24.5 Å². The van der Waals surface area contributed by atoms with Crippen molar-refractivity contribution in [2.24, 2.45) is 4.99 Å². The van der Waals surface area contributed by atoms with Crippen LogP contribution in [0.4, 0.5) is 5.69 Å². The van der Waals surface area contributed by atoms with E-state index in [0.29, 0.717) is 23.6 Å². The number of hydrogen-bond donors (Lipinski definition) is 1. The van der Waals surface area contributed by atoms with E-state index < -0.39 is 0 Å². The Hall–Kier alpha value is -2.55. The summed E-state index contributed by atoms with van der Waals surface area (Å²) in [7, 11) is 1.63. The van der Waals surface area contributed by atoms with Gasteiger partial charge in [0.1, 0.15) is 0 Å². The van der Waals surface area contributed by atoms with Gasteiger partial charge in [0.05, 0.1) is 16.8 Å². The Labute approximate surface area is 164 Å². The van der Waals surface area contributed by atoms with Crippen molar-refractivity contribution in [2.75, 3.05) is 19.0 Å². The number of rotatable bonds is 6. The minimum atomic E-state index is -0.316. The predicted octanol–water partition coefficient (Wildman–Crippen LogP) is 3.51. The second-order valence-electron chi connectivity index (χ2n) is 5.69. The van der Waals surface area contributed by atoms with Gasteiger partial charge in [-0.25, -0.2) is 0 Å². The zero-order valence-corrected chi connectivity index (χ0v) is 16.6. The van der Waals surface area contributed by atoms with Crippen molar-refractivity contribution < 1.29 is 14.3 Å². The second kappa shape index (κ2) is 8.90. The number of fused-ring (bicyclic) bond motifs is 1. The standard InChI is InChI=1S/C19H19N3O3S2/c1-13(23)20-14-5-7-16-17(12-14)27-19(22(16)9-10-25-2)21-18(24)8-6-15-4-3-11-26-15/h3-8,11-12H,9-10H2,1-2H3,(H,20,23)/b8-6+,21-19?. The van der Waals surface area contributed by atoms with Crippen LogP contribution in [0.2, 0.25) is 0 Å². The highest BCUT2D eigenvalue weighted by Crippen LogP contribution is 2.22. The summed E-state index contributed by atoms with van der Waals surface area (Å²) in [6.45, 7) is 2.55. The van der Waals surface area contributed by atoms with Gasteiger partial charge >= 0.3 is 0 Å². The molecule has 8 heteroatoms. The summed E-state index contributed by atoms with van der Waals surface area (Å²) >= 11 is 2.97. The molecule has 0 aliphatic carbocycles. The Balaban J connectivity index is 1.98. The summed E-state index contributed by atoms with van der Waals surface area (Å²) < 4.78 is 8.08. The molecule has 27 heavy (non-hydrogen) atoms. The zero-order chi connectivity index (χ0) is 19.2. The van der Waals surface area contributed by atoms with E-state index in [0.717, 1.165) is 15.1 Å². The topological polar surface area (TPSA) is 72.7 Å². The molecule has 140 valence electrons. The summed E-state index contributed by atoms with van der Waals surface area (Å²) in [6, 6.07) is 9.51. The molecule has 1 N–H and O–H groups in total. The van der Waals surface area contributed by atoms with Gasteiger partial charge in [-0.05, 0) is 35.7 Å². The molecule has 0 aliphatic heterocycles. The molecule has 3 rings (SSSR count). The maximum absolute atomic E-state index is 12.3. The summed E-state index contributed by atoms with van der Waals surface area (Å²) in [5, 5.41) is 4.73. The lowest BCUT2D eigenvalue weighted by Crippen LogP contribution is -2.18. The number of methoxy groups -OCH3 is 1. The van der Waals surface area contributed by atoms with Crippen molar-refractivity contribution >= 4 is 56.5 Å². The second-order valence-corrected chi connectivity index (χ2v) is 7.68. The van der Waals surface area contributed by atoms with Crippen molar-refractivity contribution in [2.45, 2.75) is 13.5 Å². The Bertz CT molecular complexity index is 1050. The SMILES string of the molecule is COCCn1c(=NC(=O)/C=C/c2cccs2)sc2cc(NC(C)=O)ccc21. The van der Waals surface area contributed by atoms with Crippen molar-refractivity contribution in [1.29, 1.82) is 0 Å². The van der Waals surface area contributed by atoms with Crippen LogP contribution in [-0.2, 0) is 20.9 Å². The average molecular weight is 402 g/mol. The highest BCUT2D eigenvalue weighted by Gasteiger charge is 2.09. The highest BCUT2D eigenvalue weighted by atomic mass is 32.1. The fourth-order valence-corrected chi connectivity index (χ4v) is 4.23. The minimum absolute atomic E-state index is 0.128. The molecule has 0 saturated heterocycles. The minimum Gasteiger partial charge on any atom is -0.383 e. The molecule has 1 aromatic carbocycles. The molecule has 0 unspecified atom stereocenters. The molecule has 0 atom stereocenters. The van der Waals surface area contributed by atoms with Crippen LogP contribution >= 0.6 is 22.7 Å². The number of anilines is 1. The maximum atomic E-state index is 12.3. The average Bonchev–Trinajstić information content (AvgIpc) is 3.25. The van der Waals surface area contributed by atoms with Gasteiger partial charge in [0, 0.05) is 37.2 Å². The van der Waals surface area contributed by atoms with E-state index in [-0.39, 0.29) is 11.8 Å². The predicted molar refractivity (Wildman–Crippen MR) is 110 cm³/mol. The molecule has 0 fully saturated rings. The van der Waals surface area contributed by atoms with Gasteiger partial charge in [-0.15, -0.1) is 11.3 Å². The van der Waals surface area contributed by atoms with Gasteiger partial charge in [0.25, 0.3) is 5.91 Å². The van der Waals surface area contributed by atoms with E-state index in [9.17, 15) is 9.59 Å². The maximum Gasteiger partial charge on any atom is 0.272 e. The fraction of sp³-hybridized carbons (Fsp3) is 0.211. The monoisotopic (exact) mass is 401 g/mol. The first-order valence-corrected chi connectivity index (χ1v) is 9.96. The number of nitrogens with one attached hydrogen (secondary N) is 1. The lowest BCUT2D eigenvalue weighted by molar-refractivity contribution is -0.114. The molecule has 0 spiro atoms. The lowest BCUT2D eigenvalue weighted by Gasteiger charge is -2.05. The van der Waals surface area contributed by atoms with Gasteiger partial charge in [-0.3, -0.25) is 9.59 Å². The summed E-state index contributed by atoms with van der Waals surface area (Å²) in [4.78, 5) is 29.4. The third-order valence-electron chi connectivity index (χ3n) is 3.66. The normalized spacial score (nSPS) is 12.1. The molecule has 3 aromatic rings. The molecule has 2 aromatic heterocycles. The van der Waals surface area contributed by atoms with E-state index in [1.807, 2.05) is 40.3 Å². The third-order valence-corrected chi connectivity index (χ3v) is 5.54. The number of thiophene rings is 1. The van der Waals surface area contributed by atoms with Crippen LogP contribution in [0.3, 0.4) is 0 Å². The number of carbonyl (C=O) groups is 2. The molecule has 0 radical (unpaired) electrons. The van der Waals surface area contributed by atoms with Gasteiger partial charge < -0.3 is 14.6 Å². The summed E-state index contributed by atoms with van der Waals surface area (Å²) in [5.74, 6) is -0.444. The smallest absolute Gasteiger partial charge is 0.272 e. The van der Waals surface area contributed by atoms with Crippen molar-refractivity contribution in [3.8, 4) is 0 Å². The van der Waals surface area contributed by atoms with E-state index in [2.05, 4.69) is 10.3 Å². The third kappa shape index (κ3) is 5.00. The molecule has 0 bridgehead atoms. The number of carbonyl (C=O) groups excluding carboxylic acids is 2. The number of benzene rings is 1. The highest BCUT2D eigenvalue weighted by molar-refractivity contribution is 7.16. The molecule has 0 saturated carbocycles. The Morgan fingerprint density at radius 1 is 1.33 bits per heavy atom. The van der Waals surface area contributed by atoms with E-state index >= 15 is 0 Å². The van der Waals surface area contributed by atoms with Crippen molar-refractivity contribution in [3.63, 3.8) is 0 Å². The van der Waals surface area contributed by atoms with Crippen molar-refractivity contribution in [1.82, 2.24) is 4.57 Å². The van der Waals surface area contributed by atoms with Gasteiger partial charge in [0.15, 0.2) is 4.80 Å². The van der Waals surface area contributed by atoms with Crippen LogP contribution in [0.1, 0.15) is 11.8 Å². The number of aromatic nitrogens is 1. The quantitative estimate of drug-likeness (QED) is 0.643.